The highest BCUT2D eigenvalue weighted by molar-refractivity contribution is 4.87. The van der Waals surface area contributed by atoms with Crippen molar-refractivity contribution in [2.24, 2.45) is 5.41 Å². The monoisotopic (exact) mass is 252 g/mol. The Hall–Kier alpha value is -0.0800. The van der Waals surface area contributed by atoms with E-state index in [9.17, 15) is 0 Å². The summed E-state index contributed by atoms with van der Waals surface area (Å²) in [5.41, 5.74) is 0.609. The molecule has 0 aromatic heterocycles. The van der Waals surface area contributed by atoms with Crippen LogP contribution in [0, 0.1) is 5.41 Å². The zero-order valence-electron chi connectivity index (χ0n) is 12.7. The van der Waals surface area contributed by atoms with Gasteiger partial charge in [0.15, 0.2) is 0 Å². The average Bonchev–Trinajstić information content (AvgIpc) is 2.37. The molecule has 106 valence electrons. The normalized spacial score (nSPS) is 27.5. The van der Waals surface area contributed by atoms with E-state index in [-0.39, 0.29) is 0 Å². The smallest absolute Gasteiger partial charge is 0.00956 e. The van der Waals surface area contributed by atoms with Gasteiger partial charge in [0.1, 0.15) is 0 Å². The molecule has 0 amide bonds. The molecule has 0 aromatic rings. The molecule has 0 unspecified atom stereocenters. The largest absolute Gasteiger partial charge is 0.314 e. The van der Waals surface area contributed by atoms with Crippen LogP contribution in [0.5, 0.6) is 0 Å². The summed E-state index contributed by atoms with van der Waals surface area (Å²) in [7, 11) is 0. The van der Waals surface area contributed by atoms with Gasteiger partial charge in [-0.2, -0.15) is 0 Å². The first-order valence-corrected chi connectivity index (χ1v) is 8.08. The van der Waals surface area contributed by atoms with E-state index in [0.29, 0.717) is 5.41 Å². The number of rotatable bonds is 4. The first-order valence-electron chi connectivity index (χ1n) is 8.08. The summed E-state index contributed by atoms with van der Waals surface area (Å²) < 4.78 is 0. The van der Waals surface area contributed by atoms with Crippen LogP contribution in [0.2, 0.25) is 0 Å². The molecule has 1 heterocycles. The second-order valence-corrected chi connectivity index (χ2v) is 7.16. The summed E-state index contributed by atoms with van der Waals surface area (Å²) in [6, 6.07) is 1.69. The Morgan fingerprint density at radius 1 is 1.06 bits per heavy atom. The molecule has 0 radical (unpaired) electrons. The maximum atomic E-state index is 3.68. The SMILES string of the molecule is CCCNC1CCN(C2CCC(C)(C)CC2)CC1. The van der Waals surface area contributed by atoms with Crippen LogP contribution in [-0.2, 0) is 0 Å². The second-order valence-electron chi connectivity index (χ2n) is 7.16. The molecule has 2 fully saturated rings. The maximum absolute atomic E-state index is 3.68. The topological polar surface area (TPSA) is 15.3 Å². The van der Waals surface area contributed by atoms with Crippen LogP contribution >= 0.6 is 0 Å². The summed E-state index contributed by atoms with van der Waals surface area (Å²) in [5.74, 6) is 0. The summed E-state index contributed by atoms with van der Waals surface area (Å²) in [4.78, 5) is 2.78. The van der Waals surface area contributed by atoms with Crippen LogP contribution in [0.1, 0.15) is 65.7 Å². The fourth-order valence-corrected chi connectivity index (χ4v) is 3.57. The number of piperidine rings is 1. The van der Waals surface area contributed by atoms with Crippen LogP contribution in [0.4, 0.5) is 0 Å². The van der Waals surface area contributed by atoms with Gasteiger partial charge in [-0.05, 0) is 70.0 Å². The molecular weight excluding hydrogens is 220 g/mol. The van der Waals surface area contributed by atoms with E-state index in [1.165, 1.54) is 64.6 Å². The lowest BCUT2D eigenvalue weighted by Gasteiger charge is -2.43. The Kier molecular flexibility index (Phi) is 5.08. The van der Waals surface area contributed by atoms with Crippen LogP contribution < -0.4 is 5.32 Å². The van der Waals surface area contributed by atoms with Crippen molar-refractivity contribution >= 4 is 0 Å². The number of likely N-dealkylation sites (tertiary alicyclic amines) is 1. The fraction of sp³-hybridized carbons (Fsp3) is 1.00. The van der Waals surface area contributed by atoms with E-state index in [1.54, 1.807) is 0 Å². The van der Waals surface area contributed by atoms with Crippen molar-refractivity contribution < 1.29 is 0 Å². The Bertz CT molecular complexity index is 231. The van der Waals surface area contributed by atoms with Crippen molar-refractivity contribution in [2.75, 3.05) is 19.6 Å². The second kappa shape index (κ2) is 6.38. The highest BCUT2D eigenvalue weighted by Gasteiger charge is 2.31. The molecule has 0 bridgehead atoms. The lowest BCUT2D eigenvalue weighted by molar-refractivity contribution is 0.0819. The minimum absolute atomic E-state index is 0.609. The minimum atomic E-state index is 0.609. The van der Waals surface area contributed by atoms with Gasteiger partial charge in [0.25, 0.3) is 0 Å². The molecule has 1 saturated carbocycles. The van der Waals surface area contributed by atoms with Crippen LogP contribution in [0.15, 0.2) is 0 Å². The Morgan fingerprint density at radius 2 is 1.67 bits per heavy atom. The predicted molar refractivity (Wildman–Crippen MR) is 78.9 cm³/mol. The number of nitrogens with one attached hydrogen (secondary N) is 1. The van der Waals surface area contributed by atoms with Gasteiger partial charge in [0, 0.05) is 12.1 Å². The van der Waals surface area contributed by atoms with E-state index in [0.717, 1.165) is 12.1 Å². The molecule has 1 N–H and O–H groups in total. The van der Waals surface area contributed by atoms with Crippen molar-refractivity contribution in [1.82, 2.24) is 10.2 Å². The van der Waals surface area contributed by atoms with E-state index in [1.807, 2.05) is 0 Å². The number of nitrogens with zero attached hydrogens (tertiary/aromatic N) is 1. The standard InChI is InChI=1S/C16H32N2/c1-4-11-17-14-7-12-18(13-8-14)15-5-9-16(2,3)10-6-15/h14-15,17H,4-13H2,1-3H3. The minimum Gasteiger partial charge on any atom is -0.314 e. The molecule has 0 spiro atoms. The molecule has 1 saturated heterocycles. The average molecular weight is 252 g/mol. The van der Waals surface area contributed by atoms with Crippen molar-refractivity contribution in [1.29, 1.82) is 0 Å². The third kappa shape index (κ3) is 3.96. The molecule has 2 heteroatoms. The lowest BCUT2D eigenvalue weighted by atomic mass is 9.75. The van der Waals surface area contributed by atoms with Gasteiger partial charge >= 0.3 is 0 Å². The molecule has 2 rings (SSSR count). The highest BCUT2D eigenvalue weighted by Crippen LogP contribution is 2.37. The van der Waals surface area contributed by atoms with Crippen molar-refractivity contribution in [2.45, 2.75) is 77.8 Å². The molecule has 1 aliphatic heterocycles. The van der Waals surface area contributed by atoms with Crippen LogP contribution in [0.3, 0.4) is 0 Å². The Labute approximate surface area is 114 Å². The number of hydrogen-bond donors (Lipinski definition) is 1. The van der Waals surface area contributed by atoms with E-state index in [4.69, 9.17) is 0 Å². The Morgan fingerprint density at radius 3 is 2.22 bits per heavy atom. The quantitative estimate of drug-likeness (QED) is 0.825. The maximum Gasteiger partial charge on any atom is 0.00956 e. The molecule has 0 atom stereocenters. The summed E-state index contributed by atoms with van der Waals surface area (Å²) in [6.07, 6.45) is 9.69. The summed E-state index contributed by atoms with van der Waals surface area (Å²) in [6.45, 7) is 11.0. The molecule has 2 aliphatic rings. The molecule has 1 aliphatic carbocycles. The van der Waals surface area contributed by atoms with Crippen LogP contribution in [-0.4, -0.2) is 36.6 Å². The number of hydrogen-bond acceptors (Lipinski definition) is 2. The first-order chi connectivity index (χ1) is 8.61. The zero-order valence-corrected chi connectivity index (χ0v) is 12.7. The van der Waals surface area contributed by atoms with E-state index >= 15 is 0 Å². The van der Waals surface area contributed by atoms with Gasteiger partial charge in [-0.25, -0.2) is 0 Å². The van der Waals surface area contributed by atoms with Gasteiger partial charge in [0.2, 0.25) is 0 Å². The van der Waals surface area contributed by atoms with Crippen molar-refractivity contribution in [3.8, 4) is 0 Å². The van der Waals surface area contributed by atoms with Gasteiger partial charge in [-0.15, -0.1) is 0 Å². The van der Waals surface area contributed by atoms with E-state index < -0.39 is 0 Å². The third-order valence-corrected chi connectivity index (χ3v) is 5.04. The summed E-state index contributed by atoms with van der Waals surface area (Å²) >= 11 is 0. The molecule has 2 nitrogen and oxygen atoms in total. The predicted octanol–water partition coefficient (Wildman–Crippen LogP) is 3.42. The van der Waals surface area contributed by atoms with Gasteiger partial charge < -0.3 is 10.2 Å². The third-order valence-electron chi connectivity index (χ3n) is 5.04. The van der Waals surface area contributed by atoms with Gasteiger partial charge in [-0.1, -0.05) is 20.8 Å². The molecule has 0 aromatic carbocycles. The van der Waals surface area contributed by atoms with Gasteiger partial charge in [0.05, 0.1) is 0 Å². The van der Waals surface area contributed by atoms with Crippen molar-refractivity contribution in [3.63, 3.8) is 0 Å². The fourth-order valence-electron chi connectivity index (χ4n) is 3.57. The van der Waals surface area contributed by atoms with Crippen molar-refractivity contribution in [3.05, 3.63) is 0 Å². The molecular formula is C16H32N2. The first kappa shape index (κ1) is 14.3. The summed E-state index contributed by atoms with van der Waals surface area (Å²) in [5, 5.41) is 3.68. The molecule has 18 heavy (non-hydrogen) atoms. The highest BCUT2D eigenvalue weighted by atomic mass is 15.2. The van der Waals surface area contributed by atoms with Gasteiger partial charge in [-0.3, -0.25) is 0 Å². The Balaban J connectivity index is 1.70. The zero-order chi connectivity index (χ0) is 13.0. The van der Waals surface area contributed by atoms with E-state index in [2.05, 4.69) is 31.0 Å². The lowest BCUT2D eigenvalue weighted by Crippen LogP contribution is -2.48. The van der Waals surface area contributed by atoms with Crippen LogP contribution in [0.25, 0.3) is 0 Å².